The molecule has 1 saturated heterocycles. The number of hydrogen-bond acceptors (Lipinski definition) is 6. The third-order valence-electron chi connectivity index (χ3n) is 4.45. The number of nitrogens with one attached hydrogen (secondary N) is 2. The number of benzene rings is 2. The summed E-state index contributed by atoms with van der Waals surface area (Å²) in [6, 6.07) is 13.4. The Hall–Kier alpha value is -3.65. The van der Waals surface area contributed by atoms with Crippen molar-refractivity contribution in [3.63, 3.8) is 0 Å². The molecule has 8 nitrogen and oxygen atoms in total. The van der Waals surface area contributed by atoms with Crippen molar-refractivity contribution in [1.29, 1.82) is 0 Å². The summed E-state index contributed by atoms with van der Waals surface area (Å²) in [6.07, 6.45) is 2.51. The lowest BCUT2D eigenvalue weighted by Crippen LogP contribution is -2.47. The fourth-order valence-electron chi connectivity index (χ4n) is 2.84. The molecule has 2 aromatic carbocycles. The number of nitrogens with zero attached hydrogens (tertiary/aromatic N) is 1. The van der Waals surface area contributed by atoms with Gasteiger partial charge >= 0.3 is 12.1 Å². The Morgan fingerprint density at radius 3 is 2.50 bits per heavy atom. The van der Waals surface area contributed by atoms with Gasteiger partial charge in [-0.25, -0.2) is 9.59 Å². The number of ether oxygens (including phenoxy) is 2. The lowest BCUT2D eigenvalue weighted by Gasteiger charge is -2.26. The molecule has 3 rings (SSSR count). The Bertz CT molecular complexity index is 934. The summed E-state index contributed by atoms with van der Waals surface area (Å²) in [5.74, 6) is -0.378. The highest BCUT2D eigenvalue weighted by atomic mass is 16.6. The molecule has 2 amide bonds. The van der Waals surface area contributed by atoms with Gasteiger partial charge in [-0.2, -0.15) is 0 Å². The van der Waals surface area contributed by atoms with Gasteiger partial charge in [0.2, 0.25) is 0 Å². The molecule has 2 N–H and O–H groups in total. The fourth-order valence-corrected chi connectivity index (χ4v) is 2.84. The van der Waals surface area contributed by atoms with Gasteiger partial charge < -0.3 is 25.0 Å². The van der Waals surface area contributed by atoms with Crippen LogP contribution >= 0.6 is 0 Å². The minimum Gasteiger partial charge on any atom is -0.466 e. The number of hydrogen-bond donors (Lipinski definition) is 2. The van der Waals surface area contributed by atoms with Crippen molar-refractivity contribution in [3.05, 3.63) is 65.7 Å². The monoisotopic (exact) mass is 409 g/mol. The summed E-state index contributed by atoms with van der Waals surface area (Å²) >= 11 is 0. The van der Waals surface area contributed by atoms with Crippen LogP contribution in [0.15, 0.2) is 54.6 Å². The number of carbonyl (C=O) groups excluding carboxylic acids is 3. The number of amides is 2. The second-order valence-corrected chi connectivity index (χ2v) is 6.57. The first-order valence-electron chi connectivity index (χ1n) is 9.50. The third-order valence-corrected chi connectivity index (χ3v) is 4.45. The van der Waals surface area contributed by atoms with Crippen LogP contribution in [0.4, 0.5) is 10.5 Å². The molecule has 1 fully saturated rings. The quantitative estimate of drug-likeness (QED) is 0.582. The Morgan fingerprint density at radius 2 is 1.80 bits per heavy atom. The van der Waals surface area contributed by atoms with E-state index < -0.39 is 12.1 Å². The van der Waals surface area contributed by atoms with Crippen LogP contribution in [-0.4, -0.2) is 56.2 Å². The normalized spacial score (nSPS) is 13.7. The van der Waals surface area contributed by atoms with E-state index in [0.29, 0.717) is 30.1 Å². The molecule has 0 saturated carbocycles. The van der Waals surface area contributed by atoms with Gasteiger partial charge in [-0.3, -0.25) is 4.79 Å². The third kappa shape index (κ3) is 5.92. The highest BCUT2D eigenvalue weighted by molar-refractivity contribution is 6.04. The number of anilines is 1. The van der Waals surface area contributed by atoms with E-state index in [2.05, 4.69) is 15.4 Å². The Kier molecular flexibility index (Phi) is 7.18. The first kappa shape index (κ1) is 21.1. The number of methoxy groups -OCH3 is 1. The van der Waals surface area contributed by atoms with E-state index in [0.717, 1.165) is 18.7 Å². The molecule has 8 heteroatoms. The predicted molar refractivity (Wildman–Crippen MR) is 112 cm³/mol. The van der Waals surface area contributed by atoms with Crippen LogP contribution in [0.1, 0.15) is 15.9 Å². The molecule has 0 bridgehead atoms. The standard InChI is InChI=1S/C22H23N3O5/c1-29-20(26)10-5-16-3-2-4-18(15-16)24-21(27)17-6-8-19(9-7-17)30-22(28)25-13-11-23-12-14-25/h2-10,15,23H,11-14H2,1H3,(H,24,27)/b10-5+. The number of carbonyl (C=O) groups is 3. The van der Waals surface area contributed by atoms with Crippen molar-refractivity contribution >= 4 is 29.7 Å². The highest BCUT2D eigenvalue weighted by Gasteiger charge is 2.18. The summed E-state index contributed by atoms with van der Waals surface area (Å²) in [5.41, 5.74) is 1.75. The van der Waals surface area contributed by atoms with E-state index in [1.807, 2.05) is 0 Å². The van der Waals surface area contributed by atoms with Crippen molar-refractivity contribution in [1.82, 2.24) is 10.2 Å². The van der Waals surface area contributed by atoms with Crippen molar-refractivity contribution in [2.75, 3.05) is 38.6 Å². The average molecular weight is 409 g/mol. The first-order chi connectivity index (χ1) is 14.5. The van der Waals surface area contributed by atoms with E-state index in [1.54, 1.807) is 59.5 Å². The van der Waals surface area contributed by atoms with Gasteiger partial charge in [-0.15, -0.1) is 0 Å². The van der Waals surface area contributed by atoms with Crippen molar-refractivity contribution in [3.8, 4) is 5.75 Å². The molecule has 1 heterocycles. The molecule has 1 aliphatic heterocycles. The van der Waals surface area contributed by atoms with Crippen LogP contribution in [0.5, 0.6) is 5.75 Å². The molecule has 1 aliphatic rings. The molecule has 156 valence electrons. The number of esters is 1. The largest absolute Gasteiger partial charge is 0.466 e. The molecular weight excluding hydrogens is 386 g/mol. The molecule has 0 radical (unpaired) electrons. The smallest absolute Gasteiger partial charge is 0.415 e. The van der Waals surface area contributed by atoms with Crippen LogP contribution in [0.25, 0.3) is 6.08 Å². The minimum atomic E-state index is -0.456. The lowest BCUT2D eigenvalue weighted by molar-refractivity contribution is -0.134. The predicted octanol–water partition coefficient (Wildman–Crippen LogP) is 2.53. The van der Waals surface area contributed by atoms with Gasteiger partial charge in [-0.05, 0) is 48.0 Å². The molecule has 0 spiro atoms. The van der Waals surface area contributed by atoms with E-state index in [4.69, 9.17) is 4.74 Å². The molecular formula is C22H23N3O5. The maximum absolute atomic E-state index is 12.5. The summed E-state index contributed by atoms with van der Waals surface area (Å²) in [5, 5.41) is 5.97. The fraction of sp³-hybridized carbons (Fsp3) is 0.227. The molecule has 0 aromatic heterocycles. The second-order valence-electron chi connectivity index (χ2n) is 6.57. The van der Waals surface area contributed by atoms with Gasteiger partial charge in [0.1, 0.15) is 5.75 Å². The van der Waals surface area contributed by atoms with Crippen LogP contribution in [0.3, 0.4) is 0 Å². The summed E-state index contributed by atoms with van der Waals surface area (Å²) in [7, 11) is 1.31. The number of rotatable bonds is 5. The van der Waals surface area contributed by atoms with E-state index in [1.165, 1.54) is 13.2 Å². The van der Waals surface area contributed by atoms with Gasteiger partial charge in [-0.1, -0.05) is 12.1 Å². The van der Waals surface area contributed by atoms with Gasteiger partial charge in [0.25, 0.3) is 5.91 Å². The van der Waals surface area contributed by atoms with Crippen LogP contribution in [0.2, 0.25) is 0 Å². The van der Waals surface area contributed by atoms with Crippen LogP contribution in [0, 0.1) is 0 Å². The average Bonchev–Trinajstić information content (AvgIpc) is 2.78. The zero-order valence-corrected chi connectivity index (χ0v) is 16.6. The number of piperazine rings is 1. The lowest BCUT2D eigenvalue weighted by atomic mass is 10.1. The Labute approximate surface area is 174 Å². The van der Waals surface area contributed by atoms with E-state index in [9.17, 15) is 14.4 Å². The van der Waals surface area contributed by atoms with Crippen molar-refractivity contribution in [2.45, 2.75) is 0 Å². The first-order valence-corrected chi connectivity index (χ1v) is 9.50. The summed E-state index contributed by atoms with van der Waals surface area (Å²) < 4.78 is 9.92. The highest BCUT2D eigenvalue weighted by Crippen LogP contribution is 2.17. The Morgan fingerprint density at radius 1 is 1.07 bits per heavy atom. The molecule has 0 unspecified atom stereocenters. The molecule has 0 atom stereocenters. The van der Waals surface area contributed by atoms with Gasteiger partial charge in [0, 0.05) is 43.5 Å². The SMILES string of the molecule is COC(=O)/C=C/c1cccc(NC(=O)c2ccc(OC(=O)N3CCNCC3)cc2)c1. The van der Waals surface area contributed by atoms with Gasteiger partial charge in [0.05, 0.1) is 7.11 Å². The maximum atomic E-state index is 12.5. The van der Waals surface area contributed by atoms with Gasteiger partial charge in [0.15, 0.2) is 0 Å². The van der Waals surface area contributed by atoms with Crippen LogP contribution < -0.4 is 15.4 Å². The van der Waals surface area contributed by atoms with E-state index in [-0.39, 0.29) is 5.91 Å². The van der Waals surface area contributed by atoms with Crippen molar-refractivity contribution < 1.29 is 23.9 Å². The van der Waals surface area contributed by atoms with E-state index >= 15 is 0 Å². The Balaban J connectivity index is 1.59. The summed E-state index contributed by atoms with van der Waals surface area (Å²) in [6.45, 7) is 2.70. The zero-order valence-electron chi connectivity index (χ0n) is 16.6. The molecule has 2 aromatic rings. The second kappa shape index (κ2) is 10.2. The maximum Gasteiger partial charge on any atom is 0.415 e. The summed E-state index contributed by atoms with van der Waals surface area (Å²) in [4.78, 5) is 37.5. The molecule has 30 heavy (non-hydrogen) atoms. The molecule has 0 aliphatic carbocycles. The minimum absolute atomic E-state index is 0.302. The zero-order chi connectivity index (χ0) is 21.3. The topological polar surface area (TPSA) is 97.0 Å². The van der Waals surface area contributed by atoms with Crippen molar-refractivity contribution in [2.24, 2.45) is 0 Å². The van der Waals surface area contributed by atoms with Crippen LogP contribution in [-0.2, 0) is 9.53 Å².